The minimum atomic E-state index is 0.107. The first-order valence-electron chi connectivity index (χ1n) is 9.22. The number of nitrogens with one attached hydrogen (secondary N) is 2. The van der Waals surface area contributed by atoms with Crippen molar-refractivity contribution >= 4 is 16.8 Å². The zero-order valence-electron chi connectivity index (χ0n) is 14.5. The van der Waals surface area contributed by atoms with Crippen molar-refractivity contribution in [2.45, 2.75) is 38.5 Å². The van der Waals surface area contributed by atoms with E-state index in [9.17, 15) is 4.79 Å². The van der Waals surface area contributed by atoms with E-state index in [0.29, 0.717) is 13.0 Å². The quantitative estimate of drug-likeness (QED) is 0.730. The monoisotopic (exact) mass is 332 g/mol. The summed E-state index contributed by atoms with van der Waals surface area (Å²) < 4.78 is 0. The molecule has 0 unspecified atom stereocenters. The molecule has 1 aliphatic rings. The number of carbonyl (C=O) groups is 1. The number of hydrogen-bond acceptors (Lipinski definition) is 1. The van der Waals surface area contributed by atoms with Gasteiger partial charge in [0, 0.05) is 23.6 Å². The molecule has 25 heavy (non-hydrogen) atoms. The molecule has 3 nitrogen and oxygen atoms in total. The van der Waals surface area contributed by atoms with Crippen LogP contribution in [0.25, 0.3) is 10.9 Å². The van der Waals surface area contributed by atoms with Gasteiger partial charge in [0.15, 0.2) is 0 Å². The fraction of sp³-hybridized carbons (Fsp3) is 0.318. The second kappa shape index (κ2) is 7.14. The van der Waals surface area contributed by atoms with Gasteiger partial charge in [-0.2, -0.15) is 0 Å². The normalized spacial score (nSPS) is 13.6. The first-order chi connectivity index (χ1) is 12.3. The van der Waals surface area contributed by atoms with Gasteiger partial charge in [-0.3, -0.25) is 4.79 Å². The average Bonchev–Trinajstić information content (AvgIpc) is 3.05. The van der Waals surface area contributed by atoms with E-state index in [0.717, 1.165) is 23.9 Å². The Hall–Kier alpha value is -2.55. The number of carbonyl (C=O) groups excluding carboxylic acids is 1. The molecule has 0 fully saturated rings. The Bertz CT molecular complexity index is 894. The summed E-state index contributed by atoms with van der Waals surface area (Å²) in [6, 6.07) is 14.8. The highest BCUT2D eigenvalue weighted by atomic mass is 16.1. The fourth-order valence-corrected chi connectivity index (χ4v) is 3.82. The summed E-state index contributed by atoms with van der Waals surface area (Å²) in [5.74, 6) is 0.107. The third-order valence-corrected chi connectivity index (χ3v) is 5.17. The summed E-state index contributed by atoms with van der Waals surface area (Å²) in [6.45, 7) is 0.672. The van der Waals surface area contributed by atoms with Crippen LogP contribution in [-0.4, -0.2) is 17.4 Å². The smallest absolute Gasteiger partial charge is 0.224 e. The van der Waals surface area contributed by atoms with E-state index in [2.05, 4.69) is 40.6 Å². The van der Waals surface area contributed by atoms with Crippen molar-refractivity contribution in [2.24, 2.45) is 0 Å². The summed E-state index contributed by atoms with van der Waals surface area (Å²) in [4.78, 5) is 15.5. The number of rotatable bonds is 5. The molecule has 0 aliphatic heterocycles. The highest BCUT2D eigenvalue weighted by Crippen LogP contribution is 2.22. The number of para-hydroxylation sites is 1. The van der Waals surface area contributed by atoms with E-state index in [1.165, 1.54) is 41.3 Å². The van der Waals surface area contributed by atoms with Crippen molar-refractivity contribution in [3.63, 3.8) is 0 Å². The molecule has 0 radical (unpaired) electrons. The topological polar surface area (TPSA) is 44.9 Å². The van der Waals surface area contributed by atoms with E-state index < -0.39 is 0 Å². The minimum Gasteiger partial charge on any atom is -0.361 e. The summed E-state index contributed by atoms with van der Waals surface area (Å²) in [5.41, 5.74) is 6.44. The number of amides is 1. The van der Waals surface area contributed by atoms with Gasteiger partial charge in [0.05, 0.1) is 6.42 Å². The summed E-state index contributed by atoms with van der Waals surface area (Å²) in [7, 11) is 0. The summed E-state index contributed by atoms with van der Waals surface area (Å²) in [6.07, 6.45) is 8.27. The van der Waals surface area contributed by atoms with Crippen LogP contribution in [0.15, 0.2) is 48.7 Å². The van der Waals surface area contributed by atoms with Gasteiger partial charge in [-0.15, -0.1) is 0 Å². The lowest BCUT2D eigenvalue weighted by Gasteiger charge is -2.16. The lowest BCUT2D eigenvalue weighted by molar-refractivity contribution is -0.120. The number of aromatic amines is 1. The van der Waals surface area contributed by atoms with E-state index >= 15 is 0 Å². The number of aryl methyl sites for hydroxylation is 2. The molecule has 2 aromatic carbocycles. The second-order valence-electron chi connectivity index (χ2n) is 6.95. The molecule has 0 atom stereocenters. The Morgan fingerprint density at radius 1 is 1.04 bits per heavy atom. The van der Waals surface area contributed by atoms with Gasteiger partial charge in [-0.1, -0.05) is 36.4 Å². The lowest BCUT2D eigenvalue weighted by atomic mass is 9.90. The molecule has 0 bridgehead atoms. The maximum Gasteiger partial charge on any atom is 0.224 e. The van der Waals surface area contributed by atoms with Crippen LogP contribution in [0.5, 0.6) is 0 Å². The summed E-state index contributed by atoms with van der Waals surface area (Å²) >= 11 is 0. The van der Waals surface area contributed by atoms with Crippen molar-refractivity contribution in [2.75, 3.05) is 6.54 Å². The molecule has 0 saturated carbocycles. The third-order valence-electron chi connectivity index (χ3n) is 5.17. The third kappa shape index (κ3) is 3.60. The lowest BCUT2D eigenvalue weighted by Crippen LogP contribution is -2.27. The number of aromatic nitrogens is 1. The van der Waals surface area contributed by atoms with E-state index in [1.807, 2.05) is 18.3 Å². The maximum absolute atomic E-state index is 12.3. The molecule has 2 N–H and O–H groups in total. The average molecular weight is 332 g/mol. The SMILES string of the molecule is O=C(Cc1ccc2c(c1)CCCC2)NCCc1c[nH]c2ccccc12. The zero-order chi connectivity index (χ0) is 17.1. The zero-order valence-corrected chi connectivity index (χ0v) is 14.5. The number of benzene rings is 2. The van der Waals surface area contributed by atoms with Gasteiger partial charge in [0.2, 0.25) is 5.91 Å². The fourth-order valence-electron chi connectivity index (χ4n) is 3.82. The number of fused-ring (bicyclic) bond motifs is 2. The molecular weight excluding hydrogens is 308 g/mol. The van der Waals surface area contributed by atoms with Crippen molar-refractivity contribution in [3.05, 3.63) is 70.9 Å². The van der Waals surface area contributed by atoms with Gasteiger partial charge in [0.1, 0.15) is 0 Å². The van der Waals surface area contributed by atoms with Crippen LogP contribution in [0.2, 0.25) is 0 Å². The molecule has 0 saturated heterocycles. The Labute approximate surface area is 148 Å². The Balaban J connectivity index is 1.32. The molecule has 3 heteroatoms. The molecule has 0 spiro atoms. The molecule has 3 aromatic rings. The minimum absolute atomic E-state index is 0.107. The van der Waals surface area contributed by atoms with Gasteiger partial charge in [0.25, 0.3) is 0 Å². The predicted molar refractivity (Wildman–Crippen MR) is 102 cm³/mol. The number of hydrogen-bond donors (Lipinski definition) is 2. The predicted octanol–water partition coefficient (Wildman–Crippen LogP) is 3.95. The van der Waals surface area contributed by atoms with Crippen molar-refractivity contribution < 1.29 is 4.79 Å². The van der Waals surface area contributed by atoms with Crippen LogP contribution in [0.3, 0.4) is 0 Å². The van der Waals surface area contributed by atoms with Gasteiger partial charge < -0.3 is 10.3 Å². The standard InChI is InChI=1S/C22H24N2O/c25-22(14-16-9-10-17-5-1-2-6-18(17)13-16)23-12-11-19-15-24-21-8-4-3-7-20(19)21/h3-4,7-10,13,15,24H,1-2,5-6,11-12,14H2,(H,23,25). The molecule has 4 rings (SSSR count). The van der Waals surface area contributed by atoms with E-state index in [-0.39, 0.29) is 5.91 Å². The molecule has 128 valence electrons. The Morgan fingerprint density at radius 2 is 1.88 bits per heavy atom. The Morgan fingerprint density at radius 3 is 2.80 bits per heavy atom. The molecule has 1 heterocycles. The first-order valence-corrected chi connectivity index (χ1v) is 9.22. The van der Waals surface area contributed by atoms with Crippen LogP contribution in [-0.2, 0) is 30.5 Å². The summed E-state index contributed by atoms with van der Waals surface area (Å²) in [5, 5.41) is 4.30. The van der Waals surface area contributed by atoms with Crippen LogP contribution in [0, 0.1) is 0 Å². The van der Waals surface area contributed by atoms with Crippen LogP contribution >= 0.6 is 0 Å². The number of H-pyrrole nitrogens is 1. The van der Waals surface area contributed by atoms with Crippen molar-refractivity contribution in [1.29, 1.82) is 0 Å². The van der Waals surface area contributed by atoms with Gasteiger partial charge in [-0.25, -0.2) is 0 Å². The molecular formula is C22H24N2O. The molecule has 1 aliphatic carbocycles. The van der Waals surface area contributed by atoms with Crippen LogP contribution in [0.1, 0.15) is 35.1 Å². The van der Waals surface area contributed by atoms with Crippen molar-refractivity contribution in [3.8, 4) is 0 Å². The van der Waals surface area contributed by atoms with Gasteiger partial charge >= 0.3 is 0 Å². The van der Waals surface area contributed by atoms with E-state index in [4.69, 9.17) is 0 Å². The van der Waals surface area contributed by atoms with E-state index in [1.54, 1.807) is 0 Å². The maximum atomic E-state index is 12.3. The molecule has 1 aromatic heterocycles. The van der Waals surface area contributed by atoms with Crippen LogP contribution in [0.4, 0.5) is 0 Å². The van der Waals surface area contributed by atoms with Crippen LogP contribution < -0.4 is 5.32 Å². The van der Waals surface area contributed by atoms with Gasteiger partial charge in [-0.05, 0) is 60.4 Å². The second-order valence-corrected chi connectivity index (χ2v) is 6.95. The first kappa shape index (κ1) is 15.9. The highest BCUT2D eigenvalue weighted by molar-refractivity contribution is 5.83. The van der Waals surface area contributed by atoms with Crippen molar-refractivity contribution in [1.82, 2.24) is 10.3 Å². The highest BCUT2D eigenvalue weighted by Gasteiger charge is 2.11. The Kier molecular flexibility index (Phi) is 4.55. The largest absolute Gasteiger partial charge is 0.361 e. The molecule has 1 amide bonds.